The molecule has 13 heavy (non-hydrogen) atoms. The zero-order chi connectivity index (χ0) is 9.07. The molecule has 2 N–H and O–H groups in total. The molecule has 0 unspecified atom stereocenters. The average molecular weight is 192 g/mol. The van der Waals surface area contributed by atoms with Crippen molar-refractivity contribution in [1.82, 2.24) is 0 Å². The van der Waals surface area contributed by atoms with Gasteiger partial charge in [0.05, 0.1) is 0 Å². The van der Waals surface area contributed by atoms with Crippen LogP contribution in [-0.4, -0.2) is 70.6 Å². The van der Waals surface area contributed by atoms with E-state index in [4.69, 9.17) is 10.2 Å². The van der Waals surface area contributed by atoms with E-state index in [-0.39, 0.29) is 61.3 Å². The molecule has 0 amide bonds. The Kier molecular flexibility index (Phi) is 11.6. The van der Waals surface area contributed by atoms with Crippen LogP contribution in [0.25, 0.3) is 0 Å². The van der Waals surface area contributed by atoms with Crippen LogP contribution in [0.1, 0.15) is 26.7 Å². The first-order chi connectivity index (χ1) is 5.01. The van der Waals surface area contributed by atoms with E-state index in [1.54, 1.807) is 13.8 Å². The summed E-state index contributed by atoms with van der Waals surface area (Å²) in [5.41, 5.74) is -1.58. The summed E-state index contributed by atoms with van der Waals surface area (Å²) < 4.78 is 0. The zero-order valence-corrected chi connectivity index (χ0v) is 6.63. The van der Waals surface area contributed by atoms with Crippen molar-refractivity contribution in [1.29, 1.82) is 0 Å². The summed E-state index contributed by atoms with van der Waals surface area (Å²) in [6.45, 7) is 3.12. The van der Waals surface area contributed by atoms with E-state index in [9.17, 15) is 9.59 Å². The predicted octanol–water partition coefficient (Wildman–Crippen LogP) is -0.335. The Balaban J connectivity index is -0.000000500. The van der Waals surface area contributed by atoms with Gasteiger partial charge in [0.1, 0.15) is 0 Å². The summed E-state index contributed by atoms with van der Waals surface area (Å²) >= 11 is 0. The van der Waals surface area contributed by atoms with Crippen LogP contribution in [0.15, 0.2) is 0 Å². The molecule has 4 nitrogen and oxygen atoms in total. The van der Waals surface area contributed by atoms with Gasteiger partial charge in [-0.15, -0.1) is 0 Å². The standard InChI is InChI=1S/C7H12O4.Li.Na.2H/c1-3-7(4-2,5(8)9)6(10)11;;;;/h3-4H2,1-2H3,(H,8,9)(H,10,11);;;;. The Morgan fingerprint density at radius 1 is 1.08 bits per heavy atom. The molecule has 0 aromatic rings. The second-order valence-corrected chi connectivity index (χ2v) is 2.40. The molecule has 0 heterocycles. The fraction of sp³-hybridized carbons (Fsp3) is 0.714. The summed E-state index contributed by atoms with van der Waals surface area (Å²) in [6.07, 6.45) is 0.238. The van der Waals surface area contributed by atoms with Gasteiger partial charge >= 0.3 is 60.4 Å². The quantitative estimate of drug-likeness (QED) is 0.472. The molecule has 0 aromatic heterocycles. The number of hydrogen-bond donors (Lipinski definition) is 2. The summed E-state index contributed by atoms with van der Waals surface area (Å²) in [7, 11) is 0. The van der Waals surface area contributed by atoms with Gasteiger partial charge in [-0.2, -0.15) is 0 Å². The Morgan fingerprint density at radius 3 is 1.31 bits per heavy atom. The minimum atomic E-state index is -1.58. The van der Waals surface area contributed by atoms with Crippen molar-refractivity contribution in [2.24, 2.45) is 5.41 Å². The number of rotatable bonds is 4. The van der Waals surface area contributed by atoms with Crippen LogP contribution in [0.3, 0.4) is 0 Å². The summed E-state index contributed by atoms with van der Waals surface area (Å²) in [6, 6.07) is 0. The third-order valence-corrected chi connectivity index (χ3v) is 2.03. The van der Waals surface area contributed by atoms with Crippen LogP contribution in [-0.2, 0) is 9.59 Å². The van der Waals surface area contributed by atoms with Gasteiger partial charge in [-0.05, 0) is 12.8 Å². The van der Waals surface area contributed by atoms with E-state index < -0.39 is 17.4 Å². The number of carbonyl (C=O) groups is 2. The van der Waals surface area contributed by atoms with Crippen molar-refractivity contribution in [3.8, 4) is 0 Å². The van der Waals surface area contributed by atoms with Crippen LogP contribution >= 0.6 is 0 Å². The number of hydrogen-bond acceptors (Lipinski definition) is 2. The fourth-order valence-corrected chi connectivity index (χ4v) is 0.946. The molecule has 0 aliphatic heterocycles. The maximum atomic E-state index is 10.5. The molecule has 0 spiro atoms. The van der Waals surface area contributed by atoms with Gasteiger partial charge in [-0.1, -0.05) is 13.8 Å². The predicted molar refractivity (Wildman–Crippen MR) is 52.6 cm³/mol. The van der Waals surface area contributed by atoms with Crippen LogP contribution in [0.5, 0.6) is 0 Å². The first-order valence-corrected chi connectivity index (χ1v) is 3.48. The van der Waals surface area contributed by atoms with E-state index >= 15 is 0 Å². The molecule has 0 saturated carbocycles. The van der Waals surface area contributed by atoms with Gasteiger partial charge in [0.25, 0.3) is 0 Å². The van der Waals surface area contributed by atoms with Crippen molar-refractivity contribution in [3.63, 3.8) is 0 Å². The molecule has 0 rings (SSSR count). The monoisotopic (exact) mass is 192 g/mol. The summed E-state index contributed by atoms with van der Waals surface area (Å²) in [4.78, 5) is 21.1. The molecule has 0 aliphatic carbocycles. The van der Waals surface area contributed by atoms with E-state index in [0.29, 0.717) is 0 Å². The van der Waals surface area contributed by atoms with E-state index in [2.05, 4.69) is 0 Å². The molecule has 0 saturated heterocycles. The average Bonchev–Trinajstić information content (AvgIpc) is 1.90. The second kappa shape index (κ2) is 7.90. The molecule has 0 radical (unpaired) electrons. The number of carboxylic acids is 2. The first-order valence-electron chi connectivity index (χ1n) is 3.48. The molecule has 0 aliphatic rings. The van der Waals surface area contributed by atoms with Crippen LogP contribution < -0.4 is 0 Å². The maximum absolute atomic E-state index is 10.5. The summed E-state index contributed by atoms with van der Waals surface area (Å²) in [5.74, 6) is -2.51. The zero-order valence-electron chi connectivity index (χ0n) is 6.63. The van der Waals surface area contributed by atoms with Crippen molar-refractivity contribution < 1.29 is 19.8 Å². The number of aliphatic carboxylic acids is 2. The van der Waals surface area contributed by atoms with Gasteiger partial charge in [0.2, 0.25) is 0 Å². The first kappa shape index (κ1) is 19.2. The van der Waals surface area contributed by atoms with Gasteiger partial charge in [0, 0.05) is 0 Å². The van der Waals surface area contributed by atoms with E-state index in [1.807, 2.05) is 0 Å². The molecule has 0 bridgehead atoms. The number of carboxylic acid groups (broad SMARTS) is 2. The molecule has 0 fully saturated rings. The second-order valence-electron chi connectivity index (χ2n) is 2.40. The van der Waals surface area contributed by atoms with Crippen molar-refractivity contribution in [2.75, 3.05) is 0 Å². The van der Waals surface area contributed by atoms with Gasteiger partial charge in [-0.3, -0.25) is 9.59 Å². The van der Waals surface area contributed by atoms with Gasteiger partial charge < -0.3 is 10.2 Å². The molecule has 6 heteroatoms. The Morgan fingerprint density at radius 2 is 1.31 bits per heavy atom. The van der Waals surface area contributed by atoms with Crippen molar-refractivity contribution in [3.05, 3.63) is 0 Å². The SMILES string of the molecule is CCC(CC)(C(=O)O)C(=O)O.[LiH].[NaH]. The topological polar surface area (TPSA) is 74.6 Å². The Hall–Kier alpha value is 0.537. The van der Waals surface area contributed by atoms with Gasteiger partial charge in [-0.25, -0.2) is 0 Å². The minimum absolute atomic E-state index is 0. The third-order valence-electron chi connectivity index (χ3n) is 2.03. The van der Waals surface area contributed by atoms with Crippen LogP contribution in [0.2, 0.25) is 0 Å². The third kappa shape index (κ3) is 4.05. The molecular weight excluding hydrogens is 178 g/mol. The van der Waals surface area contributed by atoms with Crippen LogP contribution in [0, 0.1) is 5.41 Å². The Bertz CT molecular complexity index is 163. The fourth-order valence-electron chi connectivity index (χ4n) is 0.946. The molecular formula is C7H14LiNaO4. The normalized spacial score (nSPS) is 9.38. The Labute approximate surface area is 112 Å². The molecule has 0 atom stereocenters. The van der Waals surface area contributed by atoms with E-state index in [0.717, 1.165) is 0 Å². The van der Waals surface area contributed by atoms with Crippen LogP contribution in [0.4, 0.5) is 0 Å². The van der Waals surface area contributed by atoms with Gasteiger partial charge in [0.15, 0.2) is 5.41 Å². The van der Waals surface area contributed by atoms with Crippen molar-refractivity contribution >= 4 is 60.4 Å². The molecule has 68 valence electrons. The molecule has 0 aromatic carbocycles. The van der Waals surface area contributed by atoms with Crippen molar-refractivity contribution in [2.45, 2.75) is 26.7 Å². The summed E-state index contributed by atoms with van der Waals surface area (Å²) in [5, 5.41) is 17.2. The van der Waals surface area contributed by atoms with E-state index in [1.165, 1.54) is 0 Å².